The van der Waals surface area contributed by atoms with Crippen molar-refractivity contribution >= 4 is 44.1 Å². The van der Waals surface area contributed by atoms with Crippen LogP contribution in [0.3, 0.4) is 0 Å². The Bertz CT molecular complexity index is 1610. The molecule has 1 aromatic carbocycles. The highest BCUT2D eigenvalue weighted by Gasteiger charge is 2.36. The summed E-state index contributed by atoms with van der Waals surface area (Å²) in [7, 11) is -4.30. The number of hydrogen-bond acceptors (Lipinski definition) is 8. The van der Waals surface area contributed by atoms with Crippen LogP contribution in [0, 0.1) is 18.3 Å². The summed E-state index contributed by atoms with van der Waals surface area (Å²) < 4.78 is 32.8. The van der Waals surface area contributed by atoms with Crippen molar-refractivity contribution in [1.82, 2.24) is 14.8 Å². The number of carbonyl (C=O) groups excluding carboxylic acids is 2. The molecule has 1 unspecified atom stereocenters. The van der Waals surface area contributed by atoms with Gasteiger partial charge < -0.3 is 19.5 Å². The quantitative estimate of drug-likeness (QED) is 0.333. The number of benzene rings is 1. The Hall–Kier alpha value is -4.24. The Morgan fingerprint density at radius 1 is 1.17 bits per heavy atom. The van der Waals surface area contributed by atoms with Crippen molar-refractivity contribution in [3.63, 3.8) is 0 Å². The molecule has 2 aromatic heterocycles. The minimum absolute atomic E-state index is 0.0436. The number of fused-ring (bicyclic) bond motifs is 1. The number of nitrogens with zero attached hydrogens (tertiary/aromatic N) is 5. The van der Waals surface area contributed by atoms with E-state index in [0.29, 0.717) is 55.9 Å². The van der Waals surface area contributed by atoms with E-state index in [1.54, 1.807) is 29.2 Å². The summed E-state index contributed by atoms with van der Waals surface area (Å²) in [5, 5.41) is 11.9. The van der Waals surface area contributed by atoms with Crippen LogP contribution in [0.15, 0.2) is 63.1 Å². The van der Waals surface area contributed by atoms with Gasteiger partial charge in [0.1, 0.15) is 23.2 Å². The Morgan fingerprint density at radius 3 is 2.68 bits per heavy atom. The van der Waals surface area contributed by atoms with Crippen molar-refractivity contribution in [2.24, 2.45) is 4.99 Å². The summed E-state index contributed by atoms with van der Waals surface area (Å²) >= 11 is 0. The van der Waals surface area contributed by atoms with E-state index in [0.717, 1.165) is 18.2 Å². The van der Waals surface area contributed by atoms with Crippen LogP contribution in [0.2, 0.25) is 0 Å². The Kier molecular flexibility index (Phi) is 8.35. The van der Waals surface area contributed by atoms with Crippen LogP contribution in [0.1, 0.15) is 37.9 Å². The fourth-order valence-electron chi connectivity index (χ4n) is 5.24. The summed E-state index contributed by atoms with van der Waals surface area (Å²) in [6.45, 7) is 3.57. The molecule has 5 rings (SSSR count). The SMILES string of the molecule is Cc1cc2cc(NC(=N[C@H]3CCCCN(CC(=O)N4CCCC4)C3=O)C(C#N)S(=O)(=O)c3ccccn3)ccc2o1. The lowest BCUT2D eigenvalue weighted by molar-refractivity contribution is -0.140. The number of likely N-dealkylation sites (tertiary alicyclic amines) is 2. The minimum atomic E-state index is -4.30. The molecule has 0 bridgehead atoms. The van der Waals surface area contributed by atoms with Crippen molar-refractivity contribution in [3.8, 4) is 6.07 Å². The van der Waals surface area contributed by atoms with Crippen LogP contribution in [-0.2, 0) is 19.4 Å². The molecule has 41 heavy (non-hydrogen) atoms. The van der Waals surface area contributed by atoms with Gasteiger partial charge >= 0.3 is 0 Å². The van der Waals surface area contributed by atoms with Gasteiger partial charge in [0.25, 0.3) is 0 Å². The summed E-state index contributed by atoms with van der Waals surface area (Å²) in [6, 6.07) is 12.4. The lowest BCUT2D eigenvalue weighted by Crippen LogP contribution is -2.45. The van der Waals surface area contributed by atoms with E-state index < -0.39 is 21.1 Å². The van der Waals surface area contributed by atoms with Crippen LogP contribution in [0.5, 0.6) is 0 Å². The maximum Gasteiger partial charge on any atom is 0.247 e. The maximum atomic E-state index is 13.7. The topological polar surface area (TPSA) is 149 Å². The largest absolute Gasteiger partial charge is 0.461 e. The number of hydrogen-bond donors (Lipinski definition) is 1. The fraction of sp³-hybridized carbons (Fsp3) is 0.414. The molecule has 1 N–H and O–H groups in total. The van der Waals surface area contributed by atoms with E-state index >= 15 is 0 Å². The van der Waals surface area contributed by atoms with Gasteiger partial charge in [0, 0.05) is 36.9 Å². The first-order valence-electron chi connectivity index (χ1n) is 13.7. The second-order valence-electron chi connectivity index (χ2n) is 10.3. The van der Waals surface area contributed by atoms with E-state index in [2.05, 4.69) is 15.3 Å². The standard InChI is InChI=1S/C29H32N6O5S/c1-20-16-21-17-22(10-11-24(21)40-20)32-28(25(18-30)41(38,39)26-9-2-4-12-31-26)33-23-8-3-5-15-35(29(23)37)19-27(36)34-13-6-7-14-34/h2,4,9-12,16-17,23,25H,3,5-8,13-15,19H2,1H3,(H,32,33)/t23-,25?/m0/s1. The van der Waals surface area contributed by atoms with Gasteiger partial charge in [-0.15, -0.1) is 0 Å². The van der Waals surface area contributed by atoms with Crippen molar-refractivity contribution in [2.75, 3.05) is 31.5 Å². The number of rotatable bonds is 7. The molecule has 2 saturated heterocycles. The molecule has 2 aliphatic rings. The van der Waals surface area contributed by atoms with Gasteiger partial charge in [-0.2, -0.15) is 5.26 Å². The number of carbonyl (C=O) groups is 2. The lowest BCUT2D eigenvalue weighted by atomic mass is 10.1. The van der Waals surface area contributed by atoms with Gasteiger partial charge in [-0.3, -0.25) is 14.6 Å². The molecule has 2 aliphatic heterocycles. The zero-order valence-corrected chi connectivity index (χ0v) is 23.6. The number of sulfone groups is 1. The number of aliphatic imine (C=N–C) groups is 1. The molecule has 214 valence electrons. The molecule has 11 nitrogen and oxygen atoms in total. The Morgan fingerprint density at radius 2 is 1.95 bits per heavy atom. The number of anilines is 1. The van der Waals surface area contributed by atoms with E-state index in [4.69, 9.17) is 4.42 Å². The summed E-state index contributed by atoms with van der Waals surface area (Å²) in [4.78, 5) is 38.3. The fourth-order valence-corrected chi connectivity index (χ4v) is 6.51. The number of aryl methyl sites for hydroxylation is 1. The van der Waals surface area contributed by atoms with Gasteiger partial charge in [0.15, 0.2) is 5.03 Å². The van der Waals surface area contributed by atoms with E-state index in [1.807, 2.05) is 19.1 Å². The first-order valence-corrected chi connectivity index (χ1v) is 15.3. The third-order valence-electron chi connectivity index (χ3n) is 7.35. The number of furan rings is 1. The van der Waals surface area contributed by atoms with Gasteiger partial charge in [-0.25, -0.2) is 13.4 Å². The number of aromatic nitrogens is 1. The molecule has 2 atom stereocenters. The maximum absolute atomic E-state index is 13.7. The number of nitrogens with one attached hydrogen (secondary N) is 1. The monoisotopic (exact) mass is 576 g/mol. The van der Waals surface area contributed by atoms with Gasteiger partial charge in [0.05, 0.1) is 12.6 Å². The van der Waals surface area contributed by atoms with E-state index in [9.17, 15) is 23.3 Å². The Labute approximate surface area is 238 Å². The highest BCUT2D eigenvalue weighted by atomic mass is 32.2. The van der Waals surface area contributed by atoms with Crippen molar-refractivity contribution in [1.29, 1.82) is 5.26 Å². The second-order valence-corrected chi connectivity index (χ2v) is 12.3. The molecule has 2 amide bonds. The molecule has 0 spiro atoms. The summed E-state index contributed by atoms with van der Waals surface area (Å²) in [5.41, 5.74) is 1.14. The van der Waals surface area contributed by atoms with Crippen LogP contribution in [-0.4, -0.2) is 78.3 Å². The first-order chi connectivity index (χ1) is 19.8. The van der Waals surface area contributed by atoms with E-state index in [-0.39, 0.29) is 29.2 Å². The third-order valence-corrected chi connectivity index (χ3v) is 9.12. The summed E-state index contributed by atoms with van der Waals surface area (Å²) in [6.07, 6.45) is 4.95. The molecule has 0 aliphatic carbocycles. The van der Waals surface area contributed by atoms with Crippen molar-refractivity contribution < 1.29 is 22.4 Å². The van der Waals surface area contributed by atoms with Gasteiger partial charge in [0.2, 0.25) is 26.9 Å². The molecule has 2 fully saturated rings. The van der Waals surface area contributed by atoms with Gasteiger partial charge in [-0.05, 0) is 75.4 Å². The van der Waals surface area contributed by atoms with Gasteiger partial charge in [-0.1, -0.05) is 6.07 Å². The number of nitriles is 1. The van der Waals surface area contributed by atoms with Crippen LogP contribution in [0.4, 0.5) is 5.69 Å². The smallest absolute Gasteiger partial charge is 0.247 e. The molecular formula is C29H32N6O5S. The molecular weight excluding hydrogens is 544 g/mol. The number of pyridine rings is 1. The lowest BCUT2D eigenvalue weighted by Gasteiger charge is -2.25. The minimum Gasteiger partial charge on any atom is -0.461 e. The van der Waals surface area contributed by atoms with Crippen LogP contribution >= 0.6 is 0 Å². The van der Waals surface area contributed by atoms with Crippen molar-refractivity contribution in [3.05, 3.63) is 54.4 Å². The second kappa shape index (κ2) is 12.1. The summed E-state index contributed by atoms with van der Waals surface area (Å²) in [5.74, 6) is 0.0763. The molecule has 0 radical (unpaired) electrons. The average molecular weight is 577 g/mol. The molecule has 3 aromatic rings. The average Bonchev–Trinajstić information content (AvgIpc) is 3.60. The molecule has 0 saturated carbocycles. The zero-order chi connectivity index (χ0) is 29.0. The zero-order valence-electron chi connectivity index (χ0n) is 22.8. The molecule has 4 heterocycles. The normalized spacial score (nSPS) is 19.2. The van der Waals surface area contributed by atoms with Crippen LogP contribution in [0.25, 0.3) is 11.0 Å². The number of amides is 2. The van der Waals surface area contributed by atoms with Crippen LogP contribution < -0.4 is 5.32 Å². The molecule has 12 heteroatoms. The Balaban J connectivity index is 1.50. The predicted octanol–water partition coefficient (Wildman–Crippen LogP) is 3.32. The predicted molar refractivity (Wildman–Crippen MR) is 153 cm³/mol. The van der Waals surface area contributed by atoms with E-state index in [1.165, 1.54) is 23.2 Å². The van der Waals surface area contributed by atoms with Crippen molar-refractivity contribution in [2.45, 2.75) is 55.3 Å². The first kappa shape index (κ1) is 28.3. The number of amidine groups is 1. The third kappa shape index (κ3) is 6.25. The highest BCUT2D eigenvalue weighted by Crippen LogP contribution is 2.25. The highest BCUT2D eigenvalue weighted by molar-refractivity contribution is 7.93.